The van der Waals surface area contributed by atoms with E-state index in [0.717, 1.165) is 32.4 Å². The standard InChI is InChI=1S/C15H21NO2/c17-15(7-3-8-16-11-15)10-14-13-5-2-1-4-12(13)6-9-18-14/h1-2,4-5,14,16-17H,3,6-11H2. The molecule has 1 aromatic carbocycles. The summed E-state index contributed by atoms with van der Waals surface area (Å²) < 4.78 is 5.88. The lowest BCUT2D eigenvalue weighted by Gasteiger charge is -2.37. The van der Waals surface area contributed by atoms with Gasteiger partial charge in [-0.1, -0.05) is 24.3 Å². The minimum Gasteiger partial charge on any atom is -0.388 e. The van der Waals surface area contributed by atoms with Gasteiger partial charge in [-0.15, -0.1) is 0 Å². The Morgan fingerprint density at radius 3 is 3.11 bits per heavy atom. The molecule has 2 aliphatic heterocycles. The number of fused-ring (bicyclic) bond motifs is 1. The zero-order valence-corrected chi connectivity index (χ0v) is 10.7. The van der Waals surface area contributed by atoms with Crippen LogP contribution < -0.4 is 5.32 Å². The third kappa shape index (κ3) is 2.44. The molecule has 2 heterocycles. The van der Waals surface area contributed by atoms with Gasteiger partial charge in [-0.25, -0.2) is 0 Å². The smallest absolute Gasteiger partial charge is 0.0855 e. The minimum absolute atomic E-state index is 0.0554. The molecule has 2 unspecified atom stereocenters. The second kappa shape index (κ2) is 5.00. The van der Waals surface area contributed by atoms with Crippen molar-refractivity contribution in [3.8, 4) is 0 Å². The van der Waals surface area contributed by atoms with Crippen LogP contribution >= 0.6 is 0 Å². The van der Waals surface area contributed by atoms with Crippen LogP contribution in [0.2, 0.25) is 0 Å². The Morgan fingerprint density at radius 1 is 1.39 bits per heavy atom. The van der Waals surface area contributed by atoms with Gasteiger partial charge in [0.25, 0.3) is 0 Å². The average Bonchev–Trinajstić information content (AvgIpc) is 2.40. The molecule has 2 N–H and O–H groups in total. The van der Waals surface area contributed by atoms with E-state index in [9.17, 15) is 5.11 Å². The molecule has 0 spiro atoms. The lowest BCUT2D eigenvalue weighted by atomic mass is 9.84. The highest BCUT2D eigenvalue weighted by atomic mass is 16.5. The van der Waals surface area contributed by atoms with E-state index < -0.39 is 5.60 Å². The average molecular weight is 247 g/mol. The molecule has 3 heteroatoms. The van der Waals surface area contributed by atoms with Crippen LogP contribution in [0, 0.1) is 0 Å². The van der Waals surface area contributed by atoms with Crippen LogP contribution in [0.1, 0.15) is 36.5 Å². The molecule has 1 aromatic rings. The Kier molecular flexibility index (Phi) is 3.37. The van der Waals surface area contributed by atoms with E-state index in [1.165, 1.54) is 11.1 Å². The third-order valence-electron chi connectivity index (χ3n) is 4.11. The summed E-state index contributed by atoms with van der Waals surface area (Å²) in [5.41, 5.74) is 2.04. The van der Waals surface area contributed by atoms with Gasteiger partial charge in [0.05, 0.1) is 18.3 Å². The zero-order valence-electron chi connectivity index (χ0n) is 10.7. The third-order valence-corrected chi connectivity index (χ3v) is 4.11. The van der Waals surface area contributed by atoms with Crippen molar-refractivity contribution < 1.29 is 9.84 Å². The molecule has 0 amide bonds. The Balaban J connectivity index is 1.77. The van der Waals surface area contributed by atoms with Crippen LogP contribution in [0.4, 0.5) is 0 Å². The van der Waals surface area contributed by atoms with Gasteiger partial charge in [0.1, 0.15) is 0 Å². The van der Waals surface area contributed by atoms with Crippen LogP contribution in [-0.2, 0) is 11.2 Å². The number of ether oxygens (including phenoxy) is 1. The molecule has 98 valence electrons. The highest BCUT2D eigenvalue weighted by Gasteiger charge is 2.34. The lowest BCUT2D eigenvalue weighted by molar-refractivity contribution is -0.0566. The first-order chi connectivity index (χ1) is 8.77. The largest absolute Gasteiger partial charge is 0.388 e. The van der Waals surface area contributed by atoms with E-state index in [1.54, 1.807) is 0 Å². The first-order valence-corrected chi connectivity index (χ1v) is 6.89. The molecule has 18 heavy (non-hydrogen) atoms. The Morgan fingerprint density at radius 2 is 2.28 bits per heavy atom. The van der Waals surface area contributed by atoms with E-state index in [-0.39, 0.29) is 6.10 Å². The molecular formula is C15H21NO2. The van der Waals surface area contributed by atoms with Gasteiger partial charge < -0.3 is 15.2 Å². The SMILES string of the molecule is OC1(CC2OCCc3ccccc32)CCCNC1. The Bertz CT molecular complexity index is 413. The summed E-state index contributed by atoms with van der Waals surface area (Å²) in [6, 6.07) is 8.45. The molecule has 0 radical (unpaired) electrons. The summed E-state index contributed by atoms with van der Waals surface area (Å²) in [6.07, 6.45) is 3.67. The van der Waals surface area contributed by atoms with Crippen molar-refractivity contribution in [1.82, 2.24) is 5.32 Å². The number of hydrogen-bond donors (Lipinski definition) is 2. The van der Waals surface area contributed by atoms with Crippen molar-refractivity contribution in [2.24, 2.45) is 0 Å². The van der Waals surface area contributed by atoms with Gasteiger partial charge >= 0.3 is 0 Å². The number of aliphatic hydroxyl groups is 1. The van der Waals surface area contributed by atoms with Gasteiger partial charge in [-0.3, -0.25) is 0 Å². The maximum absolute atomic E-state index is 10.6. The fourth-order valence-corrected chi connectivity index (χ4v) is 3.12. The summed E-state index contributed by atoms with van der Waals surface area (Å²) in [6.45, 7) is 2.48. The van der Waals surface area contributed by atoms with Crippen molar-refractivity contribution in [3.05, 3.63) is 35.4 Å². The topological polar surface area (TPSA) is 41.5 Å². The highest BCUT2D eigenvalue weighted by Crippen LogP contribution is 2.35. The molecule has 1 saturated heterocycles. The van der Waals surface area contributed by atoms with Crippen molar-refractivity contribution in [2.75, 3.05) is 19.7 Å². The summed E-state index contributed by atoms with van der Waals surface area (Å²) >= 11 is 0. The summed E-state index contributed by atoms with van der Waals surface area (Å²) in [5, 5.41) is 13.9. The quantitative estimate of drug-likeness (QED) is 0.837. The first kappa shape index (κ1) is 12.2. The summed E-state index contributed by atoms with van der Waals surface area (Å²) in [4.78, 5) is 0. The minimum atomic E-state index is -0.604. The monoisotopic (exact) mass is 247 g/mol. The van der Waals surface area contributed by atoms with E-state index in [0.29, 0.717) is 13.0 Å². The number of benzene rings is 1. The molecule has 0 bridgehead atoms. The molecule has 2 aliphatic rings. The van der Waals surface area contributed by atoms with Crippen LogP contribution in [-0.4, -0.2) is 30.4 Å². The molecule has 3 nitrogen and oxygen atoms in total. The summed E-state index contributed by atoms with van der Waals surface area (Å²) in [7, 11) is 0. The van der Waals surface area contributed by atoms with E-state index >= 15 is 0 Å². The molecule has 1 fully saturated rings. The van der Waals surface area contributed by atoms with Gasteiger partial charge in [0.15, 0.2) is 0 Å². The normalized spacial score (nSPS) is 31.9. The van der Waals surface area contributed by atoms with Crippen LogP contribution in [0.25, 0.3) is 0 Å². The summed E-state index contributed by atoms with van der Waals surface area (Å²) in [5.74, 6) is 0. The van der Waals surface area contributed by atoms with Crippen molar-refractivity contribution >= 4 is 0 Å². The molecule has 3 rings (SSSR count). The maximum Gasteiger partial charge on any atom is 0.0855 e. The Hall–Kier alpha value is -0.900. The molecule has 0 aromatic heterocycles. The predicted octanol–water partition coefficient (Wildman–Crippen LogP) is 1.80. The number of piperidine rings is 1. The van der Waals surface area contributed by atoms with E-state index in [1.807, 2.05) is 0 Å². The second-order valence-corrected chi connectivity index (χ2v) is 5.52. The van der Waals surface area contributed by atoms with Crippen molar-refractivity contribution in [3.63, 3.8) is 0 Å². The van der Waals surface area contributed by atoms with E-state index in [2.05, 4.69) is 29.6 Å². The number of β-amino-alcohol motifs (C(OH)–C–C–N with tert-alkyl or cyclic N) is 1. The first-order valence-electron chi connectivity index (χ1n) is 6.89. The number of nitrogens with one attached hydrogen (secondary N) is 1. The Labute approximate surface area is 108 Å². The van der Waals surface area contributed by atoms with Gasteiger partial charge in [-0.2, -0.15) is 0 Å². The zero-order chi connectivity index (χ0) is 12.4. The molecular weight excluding hydrogens is 226 g/mol. The van der Waals surface area contributed by atoms with Crippen molar-refractivity contribution in [2.45, 2.75) is 37.4 Å². The maximum atomic E-state index is 10.6. The second-order valence-electron chi connectivity index (χ2n) is 5.52. The van der Waals surface area contributed by atoms with Crippen molar-refractivity contribution in [1.29, 1.82) is 0 Å². The van der Waals surface area contributed by atoms with Gasteiger partial charge in [0, 0.05) is 13.0 Å². The molecule has 0 saturated carbocycles. The van der Waals surface area contributed by atoms with Crippen LogP contribution in [0.15, 0.2) is 24.3 Å². The number of rotatable bonds is 2. The van der Waals surface area contributed by atoms with E-state index in [4.69, 9.17) is 4.74 Å². The van der Waals surface area contributed by atoms with Crippen LogP contribution in [0.3, 0.4) is 0 Å². The van der Waals surface area contributed by atoms with Gasteiger partial charge in [-0.05, 0) is 36.9 Å². The van der Waals surface area contributed by atoms with Gasteiger partial charge in [0.2, 0.25) is 0 Å². The van der Waals surface area contributed by atoms with Crippen LogP contribution in [0.5, 0.6) is 0 Å². The predicted molar refractivity (Wildman–Crippen MR) is 70.5 cm³/mol. The fourth-order valence-electron chi connectivity index (χ4n) is 3.12. The number of hydrogen-bond acceptors (Lipinski definition) is 3. The lowest BCUT2D eigenvalue weighted by Crippen LogP contribution is -2.47. The highest BCUT2D eigenvalue weighted by molar-refractivity contribution is 5.31. The fraction of sp³-hybridized carbons (Fsp3) is 0.600. The molecule has 0 aliphatic carbocycles. The molecule has 2 atom stereocenters.